The lowest BCUT2D eigenvalue weighted by Crippen LogP contribution is -2.56. The Hall–Kier alpha value is -1.13. The van der Waals surface area contributed by atoms with Gasteiger partial charge in [0.1, 0.15) is 5.82 Å². The van der Waals surface area contributed by atoms with Crippen molar-refractivity contribution in [2.75, 3.05) is 31.5 Å². The fraction of sp³-hybridized carbons (Fsp3) is 0.571. The molecule has 2 bridgehead atoms. The molecule has 0 spiro atoms. The second-order valence-corrected chi connectivity index (χ2v) is 5.50. The Morgan fingerprint density at radius 2 is 2.22 bits per heavy atom. The second-order valence-electron chi connectivity index (χ2n) is 5.50. The highest BCUT2D eigenvalue weighted by Crippen LogP contribution is 2.37. The molecule has 3 nitrogen and oxygen atoms in total. The number of halogens is 1. The van der Waals surface area contributed by atoms with E-state index in [0.29, 0.717) is 18.2 Å². The van der Waals surface area contributed by atoms with E-state index in [1.54, 1.807) is 12.1 Å². The Morgan fingerprint density at radius 3 is 3.00 bits per heavy atom. The minimum absolute atomic E-state index is 0.130. The molecule has 1 aromatic carbocycles. The third kappa shape index (κ3) is 1.89. The molecule has 3 N–H and O–H groups in total. The average Bonchev–Trinajstić information content (AvgIpc) is 2.80. The number of hydrogen-bond acceptors (Lipinski definition) is 3. The summed E-state index contributed by atoms with van der Waals surface area (Å²) in [5.74, 6) is 0.349. The second kappa shape index (κ2) is 4.52. The lowest BCUT2D eigenvalue weighted by molar-refractivity contribution is 0.189. The number of para-hydroxylation sites is 1. The summed E-state index contributed by atoms with van der Waals surface area (Å²) >= 11 is 0. The highest BCUT2D eigenvalue weighted by atomic mass is 19.1. The summed E-state index contributed by atoms with van der Waals surface area (Å²) in [5.41, 5.74) is 6.47. The van der Waals surface area contributed by atoms with Crippen LogP contribution in [0.25, 0.3) is 0 Å². The zero-order chi connectivity index (χ0) is 12.6. The number of nitrogens with two attached hydrogens (primary N) is 1. The van der Waals surface area contributed by atoms with Crippen LogP contribution in [0.1, 0.15) is 12.8 Å². The van der Waals surface area contributed by atoms with Crippen LogP contribution in [0, 0.1) is 11.7 Å². The molecule has 2 aliphatic rings. The minimum Gasteiger partial charge on any atom is -0.376 e. The Kier molecular flexibility index (Phi) is 2.99. The van der Waals surface area contributed by atoms with Crippen molar-refractivity contribution in [3.05, 3.63) is 30.1 Å². The minimum atomic E-state index is -0.189. The molecule has 18 heavy (non-hydrogen) atoms. The lowest BCUT2D eigenvalue weighted by atomic mass is 9.78. The standard InChI is InChI=1S/C14H20FN3/c15-12-3-1-2-4-13(12)17-14(10-16)6-8-18-7-5-11(14)9-18/h1-4,11,17H,5-10,16H2. The largest absolute Gasteiger partial charge is 0.376 e. The van der Waals surface area contributed by atoms with Gasteiger partial charge in [0.05, 0.1) is 11.2 Å². The van der Waals surface area contributed by atoms with Gasteiger partial charge in [-0.3, -0.25) is 0 Å². The van der Waals surface area contributed by atoms with Crippen molar-refractivity contribution in [2.24, 2.45) is 11.7 Å². The SMILES string of the molecule is NCC1(Nc2ccccc2F)CCN2CCC1C2. The molecule has 2 heterocycles. The monoisotopic (exact) mass is 249 g/mol. The maximum atomic E-state index is 13.8. The van der Waals surface area contributed by atoms with Crippen molar-refractivity contribution >= 4 is 5.69 Å². The van der Waals surface area contributed by atoms with Crippen molar-refractivity contribution in [1.82, 2.24) is 4.90 Å². The predicted molar refractivity (Wildman–Crippen MR) is 71.0 cm³/mol. The van der Waals surface area contributed by atoms with Crippen LogP contribution in [0.4, 0.5) is 10.1 Å². The molecule has 98 valence electrons. The smallest absolute Gasteiger partial charge is 0.146 e. The van der Waals surface area contributed by atoms with Crippen molar-refractivity contribution in [2.45, 2.75) is 18.4 Å². The average molecular weight is 249 g/mol. The van der Waals surface area contributed by atoms with Gasteiger partial charge in [0.25, 0.3) is 0 Å². The number of nitrogens with zero attached hydrogens (tertiary/aromatic N) is 1. The first kappa shape index (κ1) is 11.9. The maximum absolute atomic E-state index is 13.8. The molecule has 3 atom stereocenters. The molecule has 3 unspecified atom stereocenters. The van der Waals surface area contributed by atoms with E-state index in [2.05, 4.69) is 10.2 Å². The predicted octanol–water partition coefficient (Wildman–Crippen LogP) is 1.66. The summed E-state index contributed by atoms with van der Waals surface area (Å²) in [7, 11) is 0. The summed E-state index contributed by atoms with van der Waals surface area (Å²) in [5, 5.41) is 3.41. The van der Waals surface area contributed by atoms with Gasteiger partial charge in [-0.2, -0.15) is 0 Å². The van der Waals surface area contributed by atoms with E-state index >= 15 is 0 Å². The van der Waals surface area contributed by atoms with Crippen molar-refractivity contribution in [3.63, 3.8) is 0 Å². The summed E-state index contributed by atoms with van der Waals surface area (Å²) < 4.78 is 13.8. The molecular weight excluding hydrogens is 229 g/mol. The molecule has 0 amide bonds. The first-order valence-electron chi connectivity index (χ1n) is 6.69. The summed E-state index contributed by atoms with van der Waals surface area (Å²) in [6.45, 7) is 3.89. The molecule has 2 saturated heterocycles. The third-order valence-corrected chi connectivity index (χ3v) is 4.55. The van der Waals surface area contributed by atoms with Crippen LogP contribution in [-0.4, -0.2) is 36.6 Å². The Bertz CT molecular complexity index is 437. The molecule has 0 aliphatic carbocycles. The molecule has 0 saturated carbocycles. The van der Waals surface area contributed by atoms with E-state index in [-0.39, 0.29) is 11.4 Å². The zero-order valence-corrected chi connectivity index (χ0v) is 10.5. The van der Waals surface area contributed by atoms with Crippen molar-refractivity contribution in [1.29, 1.82) is 0 Å². The van der Waals surface area contributed by atoms with E-state index in [0.717, 1.165) is 26.1 Å². The van der Waals surface area contributed by atoms with Crippen molar-refractivity contribution < 1.29 is 4.39 Å². The third-order valence-electron chi connectivity index (χ3n) is 4.55. The van der Waals surface area contributed by atoms with Gasteiger partial charge in [-0.15, -0.1) is 0 Å². The molecule has 2 aliphatic heterocycles. The Labute approximate surface area is 107 Å². The van der Waals surface area contributed by atoms with Gasteiger partial charge >= 0.3 is 0 Å². The van der Waals surface area contributed by atoms with Crippen molar-refractivity contribution in [3.8, 4) is 0 Å². The fourth-order valence-corrected chi connectivity index (χ4v) is 3.36. The highest BCUT2D eigenvalue weighted by Gasteiger charge is 2.45. The van der Waals surface area contributed by atoms with Crippen LogP contribution in [0.15, 0.2) is 24.3 Å². The molecule has 4 heteroatoms. The number of hydrogen-bond donors (Lipinski definition) is 2. The van der Waals surface area contributed by atoms with Crippen LogP contribution in [0.3, 0.4) is 0 Å². The number of rotatable bonds is 3. The first-order valence-corrected chi connectivity index (χ1v) is 6.69. The van der Waals surface area contributed by atoms with E-state index in [9.17, 15) is 4.39 Å². The normalized spacial score (nSPS) is 34.6. The van der Waals surface area contributed by atoms with Gasteiger partial charge < -0.3 is 16.0 Å². The number of piperidine rings is 1. The molecular formula is C14H20FN3. The van der Waals surface area contributed by atoms with E-state index in [1.807, 2.05) is 6.07 Å². The molecule has 0 radical (unpaired) electrons. The first-order chi connectivity index (χ1) is 8.73. The zero-order valence-electron chi connectivity index (χ0n) is 10.5. The van der Waals surface area contributed by atoms with Crippen LogP contribution < -0.4 is 11.1 Å². The number of nitrogens with one attached hydrogen (secondary N) is 1. The highest BCUT2D eigenvalue weighted by molar-refractivity contribution is 5.47. The van der Waals surface area contributed by atoms with Gasteiger partial charge in [0, 0.05) is 19.6 Å². The van der Waals surface area contributed by atoms with Gasteiger partial charge in [-0.1, -0.05) is 12.1 Å². The fourth-order valence-electron chi connectivity index (χ4n) is 3.36. The molecule has 1 aromatic rings. The maximum Gasteiger partial charge on any atom is 0.146 e. The number of anilines is 1. The van der Waals surface area contributed by atoms with E-state index < -0.39 is 0 Å². The van der Waals surface area contributed by atoms with Crippen LogP contribution in [0.2, 0.25) is 0 Å². The van der Waals surface area contributed by atoms with Gasteiger partial charge in [0.15, 0.2) is 0 Å². The van der Waals surface area contributed by atoms with Crippen LogP contribution in [-0.2, 0) is 0 Å². The lowest BCUT2D eigenvalue weighted by Gasteiger charge is -2.43. The Morgan fingerprint density at radius 1 is 1.39 bits per heavy atom. The van der Waals surface area contributed by atoms with Crippen LogP contribution >= 0.6 is 0 Å². The molecule has 0 aromatic heterocycles. The van der Waals surface area contributed by atoms with Gasteiger partial charge in [0.2, 0.25) is 0 Å². The summed E-state index contributed by atoms with van der Waals surface area (Å²) in [6.07, 6.45) is 2.17. The molecule has 3 rings (SSSR count). The number of fused-ring (bicyclic) bond motifs is 2. The quantitative estimate of drug-likeness (QED) is 0.856. The van der Waals surface area contributed by atoms with Gasteiger partial charge in [-0.25, -0.2) is 4.39 Å². The topological polar surface area (TPSA) is 41.3 Å². The number of benzene rings is 1. The Balaban J connectivity index is 1.86. The molecule has 2 fully saturated rings. The van der Waals surface area contributed by atoms with Crippen LogP contribution in [0.5, 0.6) is 0 Å². The van der Waals surface area contributed by atoms with Gasteiger partial charge in [-0.05, 0) is 37.4 Å². The van der Waals surface area contributed by atoms with E-state index in [1.165, 1.54) is 12.5 Å². The summed E-state index contributed by atoms with van der Waals surface area (Å²) in [4.78, 5) is 2.47. The van der Waals surface area contributed by atoms with E-state index in [4.69, 9.17) is 5.73 Å². The summed E-state index contributed by atoms with van der Waals surface area (Å²) in [6, 6.07) is 6.87.